The van der Waals surface area contributed by atoms with E-state index in [1.165, 1.54) is 0 Å². The molecular formula is C19H24N4O4. The zero-order valence-electron chi connectivity index (χ0n) is 15.6. The summed E-state index contributed by atoms with van der Waals surface area (Å²) in [5, 5.41) is 2.26. The molecule has 0 spiro atoms. The van der Waals surface area contributed by atoms with Crippen molar-refractivity contribution in [1.29, 1.82) is 0 Å². The number of barbiturate groups is 1. The topological polar surface area (TPSA) is 91.3 Å². The predicted octanol–water partition coefficient (Wildman–Crippen LogP) is 0.987. The fourth-order valence-corrected chi connectivity index (χ4v) is 3.17. The molecule has 8 heteroatoms. The van der Waals surface area contributed by atoms with E-state index in [1.54, 1.807) is 19.1 Å². The molecule has 8 nitrogen and oxygen atoms in total. The Morgan fingerprint density at radius 1 is 1.19 bits per heavy atom. The van der Waals surface area contributed by atoms with Crippen LogP contribution in [0.1, 0.15) is 12.5 Å². The number of carbonyl (C=O) groups excluding carboxylic acids is 3. The summed E-state index contributed by atoms with van der Waals surface area (Å²) in [6.45, 7) is 7.93. The van der Waals surface area contributed by atoms with Crippen molar-refractivity contribution >= 4 is 29.2 Å². The number of carbonyl (C=O) groups is 3. The van der Waals surface area contributed by atoms with Crippen LogP contribution in [0.15, 0.2) is 29.3 Å². The SMILES string of the molecule is CC(=NCCN1CCOCC1)[C@@H]1C(=O)NC(=O)N(c2ccc(C)cc2)C1=O. The molecule has 144 valence electrons. The Labute approximate surface area is 158 Å². The molecule has 0 unspecified atom stereocenters. The second kappa shape index (κ2) is 8.41. The zero-order chi connectivity index (χ0) is 19.4. The normalized spacial score (nSPS) is 22.1. The van der Waals surface area contributed by atoms with Crippen molar-refractivity contribution in [3.05, 3.63) is 29.8 Å². The van der Waals surface area contributed by atoms with E-state index in [4.69, 9.17) is 4.74 Å². The molecule has 2 heterocycles. The molecule has 1 atom stereocenters. The van der Waals surface area contributed by atoms with Crippen molar-refractivity contribution in [2.24, 2.45) is 10.9 Å². The van der Waals surface area contributed by atoms with Gasteiger partial charge in [0, 0.05) is 25.3 Å². The van der Waals surface area contributed by atoms with Crippen LogP contribution >= 0.6 is 0 Å². The Bertz CT molecular complexity index is 753. The standard InChI is InChI=1S/C19H24N4O4/c1-13-3-5-15(6-4-13)23-18(25)16(17(24)21-19(23)26)14(2)20-7-8-22-9-11-27-12-10-22/h3-6,16H,7-12H2,1-2H3,(H,21,24,26)/t16-/m1/s1. The lowest BCUT2D eigenvalue weighted by atomic mass is 9.99. The number of urea groups is 1. The number of rotatable bonds is 5. The number of nitrogens with zero attached hydrogens (tertiary/aromatic N) is 3. The second-order valence-corrected chi connectivity index (χ2v) is 6.71. The minimum atomic E-state index is -1.09. The summed E-state index contributed by atoms with van der Waals surface area (Å²) in [4.78, 5) is 45.0. The third-order valence-electron chi connectivity index (χ3n) is 4.75. The molecule has 1 N–H and O–H groups in total. The van der Waals surface area contributed by atoms with Crippen LogP contribution < -0.4 is 10.2 Å². The van der Waals surface area contributed by atoms with Gasteiger partial charge < -0.3 is 4.74 Å². The van der Waals surface area contributed by atoms with Crippen LogP contribution in [0.4, 0.5) is 10.5 Å². The van der Waals surface area contributed by atoms with Crippen LogP contribution in [0.2, 0.25) is 0 Å². The number of ether oxygens (including phenoxy) is 1. The first-order chi connectivity index (χ1) is 13.0. The molecule has 3 rings (SSSR count). The molecule has 0 aromatic heterocycles. The van der Waals surface area contributed by atoms with Crippen molar-refractivity contribution in [3.63, 3.8) is 0 Å². The van der Waals surface area contributed by atoms with Crippen LogP contribution in [0.5, 0.6) is 0 Å². The Hall–Kier alpha value is -2.58. The van der Waals surface area contributed by atoms with E-state index in [0.29, 0.717) is 31.2 Å². The van der Waals surface area contributed by atoms with Gasteiger partial charge in [-0.1, -0.05) is 17.7 Å². The minimum absolute atomic E-state index is 0.412. The number of amides is 4. The first-order valence-corrected chi connectivity index (χ1v) is 9.04. The molecule has 2 saturated heterocycles. The van der Waals surface area contributed by atoms with Crippen molar-refractivity contribution in [2.75, 3.05) is 44.3 Å². The predicted molar refractivity (Wildman–Crippen MR) is 101 cm³/mol. The average molecular weight is 372 g/mol. The number of benzene rings is 1. The summed E-state index contributed by atoms with van der Waals surface area (Å²) in [6.07, 6.45) is 0. The van der Waals surface area contributed by atoms with E-state index in [9.17, 15) is 14.4 Å². The number of hydrogen-bond acceptors (Lipinski definition) is 6. The molecule has 0 aliphatic carbocycles. The highest BCUT2D eigenvalue weighted by Crippen LogP contribution is 2.22. The molecule has 1 aromatic carbocycles. The number of hydrogen-bond donors (Lipinski definition) is 1. The Morgan fingerprint density at radius 2 is 1.85 bits per heavy atom. The maximum atomic E-state index is 12.9. The molecule has 4 amide bonds. The number of anilines is 1. The minimum Gasteiger partial charge on any atom is -0.379 e. The summed E-state index contributed by atoms with van der Waals surface area (Å²) in [6, 6.07) is 6.26. The smallest absolute Gasteiger partial charge is 0.335 e. The van der Waals surface area contributed by atoms with E-state index < -0.39 is 23.8 Å². The van der Waals surface area contributed by atoms with Crippen LogP contribution in [0, 0.1) is 12.8 Å². The monoisotopic (exact) mass is 372 g/mol. The lowest BCUT2D eigenvalue weighted by Gasteiger charge is -2.30. The van der Waals surface area contributed by atoms with Crippen LogP contribution in [-0.2, 0) is 14.3 Å². The molecule has 1 aromatic rings. The molecule has 0 radical (unpaired) electrons. The van der Waals surface area contributed by atoms with Gasteiger partial charge in [0.1, 0.15) is 0 Å². The van der Waals surface area contributed by atoms with Gasteiger partial charge in [0.15, 0.2) is 5.92 Å². The van der Waals surface area contributed by atoms with Gasteiger partial charge >= 0.3 is 6.03 Å². The molecule has 0 bridgehead atoms. The molecule has 2 fully saturated rings. The van der Waals surface area contributed by atoms with E-state index >= 15 is 0 Å². The van der Waals surface area contributed by atoms with Gasteiger partial charge in [-0.2, -0.15) is 0 Å². The number of morpholine rings is 1. The summed E-state index contributed by atoms with van der Waals surface area (Å²) in [5.41, 5.74) is 1.86. The van der Waals surface area contributed by atoms with Gasteiger partial charge in [-0.05, 0) is 26.0 Å². The Morgan fingerprint density at radius 3 is 2.52 bits per heavy atom. The maximum absolute atomic E-state index is 12.9. The summed E-state index contributed by atoms with van der Waals surface area (Å²) >= 11 is 0. The lowest BCUT2D eigenvalue weighted by Crippen LogP contribution is -2.60. The van der Waals surface area contributed by atoms with Crippen molar-refractivity contribution < 1.29 is 19.1 Å². The number of aryl methyl sites for hydroxylation is 1. The first kappa shape index (κ1) is 19.2. The summed E-state index contributed by atoms with van der Waals surface area (Å²) in [5.74, 6) is -2.28. The highest BCUT2D eigenvalue weighted by atomic mass is 16.5. The Kier molecular flexibility index (Phi) is 5.98. The first-order valence-electron chi connectivity index (χ1n) is 9.04. The van der Waals surface area contributed by atoms with Crippen molar-refractivity contribution in [3.8, 4) is 0 Å². The van der Waals surface area contributed by atoms with Crippen molar-refractivity contribution in [1.82, 2.24) is 10.2 Å². The summed E-state index contributed by atoms with van der Waals surface area (Å²) in [7, 11) is 0. The lowest BCUT2D eigenvalue weighted by molar-refractivity contribution is -0.131. The van der Waals surface area contributed by atoms with Gasteiger partial charge in [0.2, 0.25) is 5.91 Å². The van der Waals surface area contributed by atoms with E-state index in [2.05, 4.69) is 15.2 Å². The maximum Gasteiger partial charge on any atom is 0.335 e. The van der Waals surface area contributed by atoms with Crippen LogP contribution in [-0.4, -0.2) is 67.8 Å². The number of aliphatic imine (C=N–C) groups is 1. The number of imide groups is 2. The average Bonchev–Trinajstić information content (AvgIpc) is 2.64. The van der Waals surface area contributed by atoms with Crippen molar-refractivity contribution in [2.45, 2.75) is 13.8 Å². The fourth-order valence-electron chi connectivity index (χ4n) is 3.17. The highest BCUT2D eigenvalue weighted by molar-refractivity contribution is 6.35. The van der Waals surface area contributed by atoms with E-state index in [1.807, 2.05) is 19.1 Å². The second-order valence-electron chi connectivity index (χ2n) is 6.71. The van der Waals surface area contributed by atoms with E-state index in [-0.39, 0.29) is 0 Å². The van der Waals surface area contributed by atoms with Gasteiger partial charge in [-0.25, -0.2) is 9.69 Å². The van der Waals surface area contributed by atoms with Gasteiger partial charge in [-0.3, -0.25) is 24.8 Å². The fraction of sp³-hybridized carbons (Fsp3) is 0.474. The molecule has 27 heavy (non-hydrogen) atoms. The van der Waals surface area contributed by atoms with Gasteiger partial charge in [-0.15, -0.1) is 0 Å². The van der Waals surface area contributed by atoms with Crippen LogP contribution in [0.25, 0.3) is 0 Å². The van der Waals surface area contributed by atoms with E-state index in [0.717, 1.165) is 30.1 Å². The van der Waals surface area contributed by atoms with Gasteiger partial charge in [0.25, 0.3) is 5.91 Å². The largest absolute Gasteiger partial charge is 0.379 e. The van der Waals surface area contributed by atoms with Gasteiger partial charge in [0.05, 0.1) is 25.4 Å². The Balaban J connectivity index is 1.71. The molecule has 2 aliphatic rings. The quantitative estimate of drug-likeness (QED) is 0.615. The third kappa shape index (κ3) is 4.40. The summed E-state index contributed by atoms with van der Waals surface area (Å²) < 4.78 is 5.31. The molecule has 2 aliphatic heterocycles. The van der Waals surface area contributed by atoms with Crippen LogP contribution in [0.3, 0.4) is 0 Å². The third-order valence-corrected chi connectivity index (χ3v) is 4.75. The highest BCUT2D eigenvalue weighted by Gasteiger charge is 2.42. The molecular weight excluding hydrogens is 348 g/mol. The number of nitrogens with one attached hydrogen (secondary N) is 1. The zero-order valence-corrected chi connectivity index (χ0v) is 15.6. The molecule has 0 saturated carbocycles.